The Hall–Kier alpha value is -2.67. The standard InChI is InChI=1S/C19H16BrN3O3/c20-16-6-2-1-5-15(16)19-22-21-17(26-19)12-23(13-7-8-13)18(24)10-9-14-4-3-11-25-14/h1-6,9-11,13H,7-8,12H2/b10-9+. The maximum Gasteiger partial charge on any atom is 0.248 e. The van der Waals surface area contributed by atoms with E-state index < -0.39 is 0 Å². The van der Waals surface area contributed by atoms with Crippen molar-refractivity contribution in [2.75, 3.05) is 0 Å². The molecule has 0 bridgehead atoms. The SMILES string of the molecule is O=C(/C=C/c1ccco1)N(Cc1nnc(-c2ccccc2Br)o1)C1CC1. The summed E-state index contributed by atoms with van der Waals surface area (Å²) in [6, 6.07) is 11.4. The van der Waals surface area contributed by atoms with Gasteiger partial charge in [0.25, 0.3) is 0 Å². The normalized spacial score (nSPS) is 14.0. The molecule has 0 spiro atoms. The topological polar surface area (TPSA) is 72.4 Å². The van der Waals surface area contributed by atoms with E-state index in [0.717, 1.165) is 22.9 Å². The summed E-state index contributed by atoms with van der Waals surface area (Å²) >= 11 is 3.48. The number of aromatic nitrogens is 2. The molecule has 1 saturated carbocycles. The van der Waals surface area contributed by atoms with Crippen molar-refractivity contribution in [3.05, 3.63) is 64.9 Å². The summed E-state index contributed by atoms with van der Waals surface area (Å²) in [5, 5.41) is 8.21. The third-order valence-corrected chi connectivity index (χ3v) is 4.77. The number of amides is 1. The number of halogens is 1. The summed E-state index contributed by atoms with van der Waals surface area (Å²) in [6.45, 7) is 0.295. The highest BCUT2D eigenvalue weighted by Crippen LogP contribution is 2.30. The number of rotatable bonds is 6. The lowest BCUT2D eigenvalue weighted by molar-refractivity contribution is -0.127. The van der Waals surface area contributed by atoms with Crippen LogP contribution < -0.4 is 0 Å². The van der Waals surface area contributed by atoms with Crippen molar-refractivity contribution in [1.29, 1.82) is 0 Å². The maximum atomic E-state index is 12.6. The second-order valence-corrected chi connectivity index (χ2v) is 6.88. The lowest BCUT2D eigenvalue weighted by Gasteiger charge is -2.18. The Kier molecular flexibility index (Phi) is 4.71. The largest absolute Gasteiger partial charge is 0.465 e. The summed E-state index contributed by atoms with van der Waals surface area (Å²) in [6.07, 6.45) is 6.74. The van der Waals surface area contributed by atoms with Crippen LogP contribution in [0.4, 0.5) is 0 Å². The molecule has 1 aliphatic carbocycles. The summed E-state index contributed by atoms with van der Waals surface area (Å²) in [4.78, 5) is 14.3. The van der Waals surface area contributed by atoms with Crippen LogP contribution in [-0.2, 0) is 11.3 Å². The number of hydrogen-bond donors (Lipinski definition) is 0. The second-order valence-electron chi connectivity index (χ2n) is 6.03. The van der Waals surface area contributed by atoms with Crippen molar-refractivity contribution in [2.24, 2.45) is 0 Å². The minimum atomic E-state index is -0.0930. The van der Waals surface area contributed by atoms with E-state index in [-0.39, 0.29) is 11.9 Å². The average Bonchev–Trinajstić information content (AvgIpc) is 3.16. The minimum absolute atomic E-state index is 0.0930. The predicted octanol–water partition coefficient (Wildman–Crippen LogP) is 4.30. The molecule has 0 saturated heterocycles. The molecule has 0 aliphatic heterocycles. The smallest absolute Gasteiger partial charge is 0.248 e. The van der Waals surface area contributed by atoms with Gasteiger partial charge in [-0.25, -0.2) is 0 Å². The van der Waals surface area contributed by atoms with Gasteiger partial charge in [-0.1, -0.05) is 12.1 Å². The molecule has 4 rings (SSSR count). The number of carbonyl (C=O) groups is 1. The Morgan fingerprint density at radius 3 is 2.81 bits per heavy atom. The zero-order chi connectivity index (χ0) is 17.9. The van der Waals surface area contributed by atoms with Crippen LogP contribution in [0.15, 0.2) is 62.0 Å². The Morgan fingerprint density at radius 1 is 1.23 bits per heavy atom. The van der Waals surface area contributed by atoms with Gasteiger partial charge in [-0.15, -0.1) is 10.2 Å². The number of furan rings is 1. The first-order valence-corrected chi connectivity index (χ1v) is 9.09. The van der Waals surface area contributed by atoms with Gasteiger partial charge in [0.15, 0.2) is 0 Å². The van der Waals surface area contributed by atoms with E-state index in [2.05, 4.69) is 26.1 Å². The van der Waals surface area contributed by atoms with E-state index in [4.69, 9.17) is 8.83 Å². The first kappa shape index (κ1) is 16.8. The molecule has 0 radical (unpaired) electrons. The molecule has 2 aromatic heterocycles. The van der Waals surface area contributed by atoms with Crippen LogP contribution in [0, 0.1) is 0 Å². The van der Waals surface area contributed by atoms with Gasteiger partial charge in [-0.3, -0.25) is 4.79 Å². The van der Waals surface area contributed by atoms with E-state index in [0.29, 0.717) is 24.1 Å². The third-order valence-electron chi connectivity index (χ3n) is 4.08. The number of hydrogen-bond acceptors (Lipinski definition) is 5. The molecule has 0 N–H and O–H groups in total. The summed E-state index contributed by atoms with van der Waals surface area (Å²) in [7, 11) is 0. The molecule has 3 aromatic rings. The van der Waals surface area contributed by atoms with Crippen molar-refractivity contribution in [2.45, 2.75) is 25.4 Å². The highest BCUT2D eigenvalue weighted by molar-refractivity contribution is 9.10. The average molecular weight is 414 g/mol. The summed E-state index contributed by atoms with van der Waals surface area (Å²) in [5.41, 5.74) is 0.827. The van der Waals surface area contributed by atoms with Crippen molar-refractivity contribution < 1.29 is 13.6 Å². The molecular formula is C19H16BrN3O3. The summed E-state index contributed by atoms with van der Waals surface area (Å²) in [5.74, 6) is 1.40. The fourth-order valence-electron chi connectivity index (χ4n) is 2.62. The van der Waals surface area contributed by atoms with Crippen LogP contribution in [0.3, 0.4) is 0 Å². The van der Waals surface area contributed by atoms with Gasteiger partial charge in [0, 0.05) is 16.6 Å². The zero-order valence-electron chi connectivity index (χ0n) is 13.8. The monoisotopic (exact) mass is 413 g/mol. The van der Waals surface area contributed by atoms with Crippen molar-refractivity contribution in [3.63, 3.8) is 0 Å². The molecule has 7 heteroatoms. The van der Waals surface area contributed by atoms with Gasteiger partial charge in [-0.05, 0) is 59.1 Å². The van der Waals surface area contributed by atoms with Gasteiger partial charge in [0.05, 0.1) is 18.4 Å². The highest BCUT2D eigenvalue weighted by Gasteiger charge is 2.32. The Labute approximate surface area is 158 Å². The van der Waals surface area contributed by atoms with Crippen molar-refractivity contribution in [1.82, 2.24) is 15.1 Å². The van der Waals surface area contributed by atoms with Crippen LogP contribution in [0.1, 0.15) is 24.5 Å². The minimum Gasteiger partial charge on any atom is -0.465 e. The molecule has 132 valence electrons. The molecule has 2 heterocycles. The van der Waals surface area contributed by atoms with E-state index in [1.165, 1.54) is 6.08 Å². The molecule has 1 fully saturated rings. The molecule has 1 aliphatic rings. The predicted molar refractivity (Wildman–Crippen MR) is 98.7 cm³/mol. The van der Waals surface area contributed by atoms with Crippen molar-refractivity contribution in [3.8, 4) is 11.5 Å². The molecule has 1 amide bonds. The van der Waals surface area contributed by atoms with Gasteiger partial charge in [-0.2, -0.15) is 0 Å². The van der Waals surface area contributed by atoms with Gasteiger partial charge in [0.1, 0.15) is 5.76 Å². The van der Waals surface area contributed by atoms with Gasteiger partial charge in [0.2, 0.25) is 17.7 Å². The molecular weight excluding hydrogens is 398 g/mol. The summed E-state index contributed by atoms with van der Waals surface area (Å²) < 4.78 is 11.9. The number of benzene rings is 1. The number of nitrogens with zero attached hydrogens (tertiary/aromatic N) is 3. The Bertz CT molecular complexity index is 929. The van der Waals surface area contributed by atoms with Crippen LogP contribution >= 0.6 is 15.9 Å². The molecule has 26 heavy (non-hydrogen) atoms. The van der Waals surface area contributed by atoms with E-state index >= 15 is 0 Å². The van der Waals surface area contributed by atoms with Crippen LogP contribution in [0.5, 0.6) is 0 Å². The number of carbonyl (C=O) groups excluding carboxylic acids is 1. The Balaban J connectivity index is 1.49. The third kappa shape index (κ3) is 3.77. The van der Waals surface area contributed by atoms with Crippen molar-refractivity contribution >= 4 is 27.9 Å². The fourth-order valence-corrected chi connectivity index (χ4v) is 3.07. The lowest BCUT2D eigenvalue weighted by Crippen LogP contribution is -2.31. The van der Waals surface area contributed by atoms with Crippen LogP contribution in [0.2, 0.25) is 0 Å². The maximum absolute atomic E-state index is 12.6. The van der Waals surface area contributed by atoms with Crippen LogP contribution in [-0.4, -0.2) is 27.0 Å². The molecule has 0 unspecified atom stereocenters. The van der Waals surface area contributed by atoms with E-state index in [1.807, 2.05) is 24.3 Å². The highest BCUT2D eigenvalue weighted by atomic mass is 79.9. The van der Waals surface area contributed by atoms with Gasteiger partial charge < -0.3 is 13.7 Å². The zero-order valence-corrected chi connectivity index (χ0v) is 15.4. The molecule has 6 nitrogen and oxygen atoms in total. The van der Waals surface area contributed by atoms with E-state index in [1.54, 1.807) is 29.4 Å². The van der Waals surface area contributed by atoms with Crippen LogP contribution in [0.25, 0.3) is 17.5 Å². The fraction of sp³-hybridized carbons (Fsp3) is 0.211. The lowest BCUT2D eigenvalue weighted by atomic mass is 10.2. The molecule has 1 aromatic carbocycles. The first-order chi connectivity index (χ1) is 12.7. The quantitative estimate of drug-likeness (QED) is 0.563. The van der Waals surface area contributed by atoms with E-state index in [9.17, 15) is 4.79 Å². The first-order valence-electron chi connectivity index (χ1n) is 8.30. The Morgan fingerprint density at radius 2 is 2.08 bits per heavy atom. The second kappa shape index (κ2) is 7.29. The van der Waals surface area contributed by atoms with Gasteiger partial charge >= 0.3 is 0 Å². The molecule has 0 atom stereocenters.